The Morgan fingerprint density at radius 3 is 2.76 bits per heavy atom. The second-order valence-corrected chi connectivity index (χ2v) is 7.18. The van der Waals surface area contributed by atoms with Crippen LogP contribution in [0, 0.1) is 5.82 Å². The van der Waals surface area contributed by atoms with Crippen LogP contribution in [0.5, 0.6) is 5.75 Å². The highest BCUT2D eigenvalue weighted by molar-refractivity contribution is 5.75. The molecule has 0 spiro atoms. The zero-order chi connectivity index (χ0) is 20.2. The Morgan fingerprint density at radius 1 is 1.21 bits per heavy atom. The van der Waals surface area contributed by atoms with Crippen LogP contribution < -0.4 is 4.74 Å². The molecule has 1 fully saturated rings. The van der Waals surface area contributed by atoms with E-state index in [2.05, 4.69) is 0 Å². The molecule has 0 radical (unpaired) electrons. The molecule has 1 saturated heterocycles. The van der Waals surface area contributed by atoms with E-state index in [-0.39, 0.29) is 30.6 Å². The number of carbonyl (C=O) groups is 1. The Labute approximate surface area is 169 Å². The van der Waals surface area contributed by atoms with E-state index in [9.17, 15) is 9.18 Å². The summed E-state index contributed by atoms with van der Waals surface area (Å²) in [6, 6.07) is 14.0. The second-order valence-electron chi connectivity index (χ2n) is 7.18. The van der Waals surface area contributed by atoms with E-state index in [1.54, 1.807) is 17.0 Å². The summed E-state index contributed by atoms with van der Waals surface area (Å²) in [6.07, 6.45) is 2.06. The summed E-state index contributed by atoms with van der Waals surface area (Å²) in [5.74, 6) is 0.195. The second kappa shape index (κ2) is 8.66. The van der Waals surface area contributed by atoms with Crippen molar-refractivity contribution >= 4 is 11.7 Å². The van der Waals surface area contributed by atoms with Gasteiger partial charge in [-0.2, -0.15) is 0 Å². The number of nitrogens with zero attached hydrogens (tertiary/aromatic N) is 1. The topological polar surface area (TPSA) is 48.0 Å². The van der Waals surface area contributed by atoms with Crippen molar-refractivity contribution in [3.05, 3.63) is 71.6 Å². The molecule has 152 valence electrons. The Hall–Kier alpha value is -2.86. The number of hydrogen-bond acceptors (Lipinski definition) is 4. The van der Waals surface area contributed by atoms with Gasteiger partial charge >= 0.3 is 6.09 Å². The van der Waals surface area contributed by atoms with E-state index in [1.807, 2.05) is 43.3 Å². The summed E-state index contributed by atoms with van der Waals surface area (Å²) in [6.45, 7) is 3.36. The van der Waals surface area contributed by atoms with Crippen molar-refractivity contribution in [2.24, 2.45) is 0 Å². The Bertz CT molecular complexity index is 899. The smallest absolute Gasteiger partial charge is 0.411 e. The molecule has 6 heteroatoms. The van der Waals surface area contributed by atoms with E-state index in [4.69, 9.17) is 14.2 Å². The van der Waals surface area contributed by atoms with Crippen LogP contribution in [0.4, 0.5) is 9.18 Å². The maximum atomic E-state index is 14.6. The van der Waals surface area contributed by atoms with Gasteiger partial charge in [-0.15, -0.1) is 0 Å². The lowest BCUT2D eigenvalue weighted by molar-refractivity contribution is -0.0342. The molecule has 2 bridgehead atoms. The summed E-state index contributed by atoms with van der Waals surface area (Å²) >= 11 is 0. The summed E-state index contributed by atoms with van der Waals surface area (Å²) in [5.41, 5.74) is 2.37. The lowest BCUT2D eigenvalue weighted by Gasteiger charge is -2.43. The highest BCUT2D eigenvalue weighted by Gasteiger charge is 2.39. The normalized spacial score (nSPS) is 20.8. The molecule has 4 rings (SSSR count). The number of rotatable bonds is 5. The van der Waals surface area contributed by atoms with Gasteiger partial charge in [0, 0.05) is 11.6 Å². The van der Waals surface area contributed by atoms with Gasteiger partial charge in [0.2, 0.25) is 0 Å². The first-order valence-electron chi connectivity index (χ1n) is 9.86. The van der Waals surface area contributed by atoms with Crippen molar-refractivity contribution in [1.29, 1.82) is 0 Å². The molecule has 2 aliphatic heterocycles. The standard InChI is InChI=1S/C23H24FNO4/c1-2-28-20-8-9-21(22(24)12-20)17-10-18-14-27-15-19(11-17)25(18)23(26)29-13-16-6-4-3-5-7-16/h3-10,12,18-19H,2,11,13-15H2,1H3. The highest BCUT2D eigenvalue weighted by atomic mass is 19.1. The highest BCUT2D eigenvalue weighted by Crippen LogP contribution is 2.35. The molecule has 0 aliphatic carbocycles. The van der Waals surface area contributed by atoms with Gasteiger partial charge in [0.05, 0.1) is 31.9 Å². The fraction of sp³-hybridized carbons (Fsp3) is 0.348. The van der Waals surface area contributed by atoms with Crippen molar-refractivity contribution < 1.29 is 23.4 Å². The number of morpholine rings is 1. The first-order valence-corrected chi connectivity index (χ1v) is 9.86. The van der Waals surface area contributed by atoms with E-state index in [1.165, 1.54) is 6.07 Å². The summed E-state index contributed by atoms with van der Waals surface area (Å²) in [7, 11) is 0. The van der Waals surface area contributed by atoms with Gasteiger partial charge in [-0.25, -0.2) is 9.18 Å². The number of ether oxygens (including phenoxy) is 3. The van der Waals surface area contributed by atoms with Gasteiger partial charge in [-0.1, -0.05) is 36.4 Å². The minimum Gasteiger partial charge on any atom is -0.494 e. The lowest BCUT2D eigenvalue weighted by atomic mass is 9.90. The van der Waals surface area contributed by atoms with E-state index in [0.717, 1.165) is 11.1 Å². The molecule has 0 N–H and O–H groups in total. The molecule has 0 saturated carbocycles. The SMILES string of the molecule is CCOc1ccc(C2=CC3COCC(C2)N3C(=O)OCc2ccccc2)c(F)c1. The maximum Gasteiger partial charge on any atom is 0.411 e. The number of benzene rings is 2. The van der Waals surface area contributed by atoms with E-state index < -0.39 is 0 Å². The predicted octanol–water partition coefficient (Wildman–Crippen LogP) is 4.42. The van der Waals surface area contributed by atoms with Gasteiger partial charge in [0.1, 0.15) is 18.2 Å². The van der Waals surface area contributed by atoms with Crippen LogP contribution in [0.1, 0.15) is 24.5 Å². The fourth-order valence-corrected chi connectivity index (χ4v) is 3.89. The number of halogens is 1. The van der Waals surface area contributed by atoms with Crippen LogP contribution >= 0.6 is 0 Å². The number of hydrogen-bond donors (Lipinski definition) is 0. The molecule has 2 heterocycles. The minimum atomic E-state index is -0.366. The molecule has 1 amide bonds. The molecular formula is C23H24FNO4. The zero-order valence-corrected chi connectivity index (χ0v) is 16.3. The summed E-state index contributed by atoms with van der Waals surface area (Å²) in [5, 5.41) is 0. The monoisotopic (exact) mass is 397 g/mol. The largest absolute Gasteiger partial charge is 0.494 e. The third kappa shape index (κ3) is 4.27. The number of fused-ring (bicyclic) bond motifs is 2. The molecule has 2 unspecified atom stereocenters. The molecule has 2 atom stereocenters. The quantitative estimate of drug-likeness (QED) is 0.750. The average molecular weight is 397 g/mol. The molecule has 0 aromatic heterocycles. The van der Waals surface area contributed by atoms with Crippen LogP contribution in [0.3, 0.4) is 0 Å². The van der Waals surface area contributed by atoms with Crippen molar-refractivity contribution in [2.45, 2.75) is 32.0 Å². The van der Waals surface area contributed by atoms with Gasteiger partial charge in [-0.3, -0.25) is 4.90 Å². The molecule has 2 aromatic carbocycles. The molecule has 2 aromatic rings. The molecular weight excluding hydrogens is 373 g/mol. The van der Waals surface area contributed by atoms with Crippen molar-refractivity contribution in [2.75, 3.05) is 19.8 Å². The van der Waals surface area contributed by atoms with Gasteiger partial charge in [-0.05, 0) is 36.6 Å². The first kappa shape index (κ1) is 19.5. The van der Waals surface area contributed by atoms with Crippen molar-refractivity contribution in [1.82, 2.24) is 4.90 Å². The van der Waals surface area contributed by atoms with Gasteiger partial charge < -0.3 is 14.2 Å². The van der Waals surface area contributed by atoms with Crippen molar-refractivity contribution in [3.63, 3.8) is 0 Å². The fourth-order valence-electron chi connectivity index (χ4n) is 3.89. The van der Waals surface area contributed by atoms with Gasteiger partial charge in [0.15, 0.2) is 0 Å². The third-order valence-electron chi connectivity index (χ3n) is 5.21. The van der Waals surface area contributed by atoms with Crippen LogP contribution in [-0.4, -0.2) is 42.9 Å². The zero-order valence-electron chi connectivity index (χ0n) is 16.3. The van der Waals surface area contributed by atoms with E-state index in [0.29, 0.717) is 37.6 Å². The van der Waals surface area contributed by atoms with Gasteiger partial charge in [0.25, 0.3) is 0 Å². The predicted molar refractivity (Wildman–Crippen MR) is 107 cm³/mol. The average Bonchev–Trinajstić information content (AvgIpc) is 2.72. The minimum absolute atomic E-state index is 0.178. The number of amides is 1. The lowest BCUT2D eigenvalue weighted by Crippen LogP contribution is -2.56. The van der Waals surface area contributed by atoms with Crippen LogP contribution in [0.2, 0.25) is 0 Å². The Balaban J connectivity index is 1.50. The molecule has 5 nitrogen and oxygen atoms in total. The van der Waals surface area contributed by atoms with Crippen LogP contribution in [0.25, 0.3) is 5.57 Å². The third-order valence-corrected chi connectivity index (χ3v) is 5.21. The Morgan fingerprint density at radius 2 is 2.03 bits per heavy atom. The summed E-state index contributed by atoms with van der Waals surface area (Å²) < 4.78 is 31.2. The first-order chi connectivity index (χ1) is 14.2. The molecule has 2 aliphatic rings. The van der Waals surface area contributed by atoms with Crippen LogP contribution in [0.15, 0.2) is 54.6 Å². The number of carbonyl (C=O) groups excluding carboxylic acids is 1. The van der Waals surface area contributed by atoms with E-state index >= 15 is 0 Å². The molecule has 29 heavy (non-hydrogen) atoms. The Kier molecular flexibility index (Phi) is 5.81. The van der Waals surface area contributed by atoms with Crippen molar-refractivity contribution in [3.8, 4) is 5.75 Å². The summed E-state index contributed by atoms with van der Waals surface area (Å²) in [4.78, 5) is 14.5. The maximum absolute atomic E-state index is 14.6. The van der Waals surface area contributed by atoms with Crippen LogP contribution in [-0.2, 0) is 16.1 Å².